The van der Waals surface area contributed by atoms with E-state index in [9.17, 15) is 0 Å². The van der Waals surface area contributed by atoms with Gasteiger partial charge in [0.15, 0.2) is 5.65 Å². The van der Waals surface area contributed by atoms with E-state index in [1.54, 1.807) is 12.4 Å². The van der Waals surface area contributed by atoms with Crippen molar-refractivity contribution < 1.29 is 0 Å². The van der Waals surface area contributed by atoms with E-state index in [1.807, 2.05) is 6.07 Å². The molecular formula is C14H17N5. The minimum atomic E-state index is 0.633. The van der Waals surface area contributed by atoms with Crippen molar-refractivity contribution >= 4 is 17.0 Å². The van der Waals surface area contributed by atoms with Gasteiger partial charge < -0.3 is 10.2 Å². The molecule has 0 amide bonds. The fraction of sp³-hybridized carbons (Fsp3) is 0.500. The summed E-state index contributed by atoms with van der Waals surface area (Å²) < 4.78 is 0. The predicted molar refractivity (Wildman–Crippen MR) is 74.1 cm³/mol. The van der Waals surface area contributed by atoms with Crippen LogP contribution in [0.15, 0.2) is 24.5 Å². The highest BCUT2D eigenvalue weighted by atomic mass is 15.2. The van der Waals surface area contributed by atoms with Gasteiger partial charge in [-0.25, -0.2) is 9.97 Å². The van der Waals surface area contributed by atoms with Gasteiger partial charge in [0.25, 0.3) is 0 Å². The first-order valence-electron chi connectivity index (χ1n) is 6.96. The molecule has 0 aromatic carbocycles. The first-order chi connectivity index (χ1) is 9.40. The van der Waals surface area contributed by atoms with Gasteiger partial charge in [0.05, 0.1) is 0 Å². The Balaban J connectivity index is 1.64. The van der Waals surface area contributed by atoms with Gasteiger partial charge in [-0.05, 0) is 37.4 Å². The van der Waals surface area contributed by atoms with Crippen LogP contribution in [0.25, 0.3) is 11.2 Å². The molecule has 0 spiro atoms. The molecule has 0 saturated carbocycles. The summed E-state index contributed by atoms with van der Waals surface area (Å²) in [5.74, 6) is 1.80. The highest BCUT2D eigenvalue weighted by Crippen LogP contribution is 2.28. The maximum atomic E-state index is 4.64. The Hall–Kier alpha value is -1.75. The van der Waals surface area contributed by atoms with E-state index < -0.39 is 0 Å². The number of nitrogens with one attached hydrogen (secondary N) is 1. The molecule has 0 bridgehead atoms. The highest BCUT2D eigenvalue weighted by Gasteiger charge is 2.34. The molecule has 5 nitrogen and oxygen atoms in total. The lowest BCUT2D eigenvalue weighted by Crippen LogP contribution is -2.40. The molecule has 2 aromatic rings. The number of anilines is 1. The largest absolute Gasteiger partial charge is 0.355 e. The molecule has 2 atom stereocenters. The summed E-state index contributed by atoms with van der Waals surface area (Å²) in [5, 5.41) is 3.62. The number of pyridine rings is 1. The first kappa shape index (κ1) is 11.1. The quantitative estimate of drug-likeness (QED) is 0.830. The molecule has 2 aliphatic rings. The summed E-state index contributed by atoms with van der Waals surface area (Å²) in [4.78, 5) is 15.6. The molecule has 2 aromatic heterocycles. The Labute approximate surface area is 112 Å². The molecule has 2 fully saturated rings. The van der Waals surface area contributed by atoms with Gasteiger partial charge in [-0.2, -0.15) is 0 Å². The van der Waals surface area contributed by atoms with Crippen molar-refractivity contribution in [1.29, 1.82) is 0 Å². The summed E-state index contributed by atoms with van der Waals surface area (Å²) in [6.07, 6.45) is 6.04. The van der Waals surface area contributed by atoms with E-state index >= 15 is 0 Å². The molecule has 4 rings (SSSR count). The van der Waals surface area contributed by atoms with Gasteiger partial charge in [-0.1, -0.05) is 0 Å². The van der Waals surface area contributed by atoms with Gasteiger partial charge in [-0.15, -0.1) is 0 Å². The van der Waals surface area contributed by atoms with Gasteiger partial charge in [0, 0.05) is 31.5 Å². The predicted octanol–water partition coefficient (Wildman–Crippen LogP) is 1.21. The molecule has 1 N–H and O–H groups in total. The van der Waals surface area contributed by atoms with Crippen molar-refractivity contribution in [2.45, 2.75) is 18.9 Å². The van der Waals surface area contributed by atoms with E-state index in [0.717, 1.165) is 42.5 Å². The van der Waals surface area contributed by atoms with Crippen LogP contribution in [-0.4, -0.2) is 40.6 Å². The molecule has 4 heterocycles. The Morgan fingerprint density at radius 3 is 3.05 bits per heavy atom. The second-order valence-electron chi connectivity index (χ2n) is 5.44. The van der Waals surface area contributed by atoms with Crippen molar-refractivity contribution in [1.82, 2.24) is 20.3 Å². The Bertz CT molecular complexity index is 585. The molecule has 98 valence electrons. The zero-order chi connectivity index (χ0) is 12.7. The normalized spacial score (nSPS) is 26.6. The number of piperidine rings is 1. The Morgan fingerprint density at radius 2 is 2.11 bits per heavy atom. The van der Waals surface area contributed by atoms with Crippen molar-refractivity contribution in [3.63, 3.8) is 0 Å². The fourth-order valence-electron chi connectivity index (χ4n) is 3.25. The van der Waals surface area contributed by atoms with Crippen molar-refractivity contribution in [3.8, 4) is 0 Å². The number of aromatic nitrogens is 3. The minimum absolute atomic E-state index is 0.633. The van der Waals surface area contributed by atoms with E-state index in [2.05, 4.69) is 31.2 Å². The minimum Gasteiger partial charge on any atom is -0.355 e. The van der Waals surface area contributed by atoms with Gasteiger partial charge in [0.2, 0.25) is 0 Å². The van der Waals surface area contributed by atoms with Crippen LogP contribution in [0, 0.1) is 5.92 Å². The molecule has 0 radical (unpaired) electrons. The van der Waals surface area contributed by atoms with Crippen LogP contribution < -0.4 is 10.2 Å². The van der Waals surface area contributed by atoms with Gasteiger partial charge in [-0.3, -0.25) is 4.98 Å². The van der Waals surface area contributed by atoms with Crippen LogP contribution in [0.3, 0.4) is 0 Å². The van der Waals surface area contributed by atoms with Crippen LogP contribution >= 0.6 is 0 Å². The molecule has 5 heteroatoms. The Kier molecular flexibility index (Phi) is 2.58. The lowest BCUT2D eigenvalue weighted by molar-refractivity contribution is 0.340. The van der Waals surface area contributed by atoms with E-state index in [0.29, 0.717) is 6.04 Å². The summed E-state index contributed by atoms with van der Waals surface area (Å²) in [6.45, 7) is 3.32. The molecule has 19 heavy (non-hydrogen) atoms. The van der Waals surface area contributed by atoms with Crippen LogP contribution in [-0.2, 0) is 0 Å². The van der Waals surface area contributed by atoms with Crippen molar-refractivity contribution in [2.24, 2.45) is 5.92 Å². The molecule has 0 unspecified atom stereocenters. The van der Waals surface area contributed by atoms with E-state index in [-0.39, 0.29) is 0 Å². The molecular weight excluding hydrogens is 238 g/mol. The van der Waals surface area contributed by atoms with Crippen molar-refractivity contribution in [2.75, 3.05) is 24.5 Å². The van der Waals surface area contributed by atoms with Crippen LogP contribution in [0.1, 0.15) is 12.8 Å². The van der Waals surface area contributed by atoms with Gasteiger partial charge >= 0.3 is 0 Å². The Morgan fingerprint density at radius 1 is 1.16 bits per heavy atom. The second kappa shape index (κ2) is 4.42. The topological polar surface area (TPSA) is 53.9 Å². The smallest absolute Gasteiger partial charge is 0.180 e. The van der Waals surface area contributed by atoms with Crippen LogP contribution in [0.4, 0.5) is 5.82 Å². The van der Waals surface area contributed by atoms with Crippen LogP contribution in [0.5, 0.6) is 0 Å². The number of rotatable bonds is 1. The summed E-state index contributed by atoms with van der Waals surface area (Å²) in [7, 11) is 0. The average Bonchev–Trinajstić information content (AvgIpc) is 2.90. The SMILES string of the molecule is c1cnc2nc(N3C[C@@H]4CCCN[C@@H]4C3)ccc2n1. The number of hydrogen-bond donors (Lipinski definition) is 1. The third-order valence-electron chi connectivity index (χ3n) is 4.24. The van der Waals surface area contributed by atoms with E-state index in [1.165, 1.54) is 12.8 Å². The van der Waals surface area contributed by atoms with Crippen molar-refractivity contribution in [3.05, 3.63) is 24.5 Å². The average molecular weight is 255 g/mol. The zero-order valence-corrected chi connectivity index (χ0v) is 10.8. The first-order valence-corrected chi connectivity index (χ1v) is 6.96. The number of fused-ring (bicyclic) bond motifs is 2. The highest BCUT2D eigenvalue weighted by molar-refractivity contribution is 5.71. The summed E-state index contributed by atoms with van der Waals surface area (Å²) in [6, 6.07) is 4.71. The molecule has 2 aliphatic heterocycles. The monoisotopic (exact) mass is 255 g/mol. The lowest BCUT2D eigenvalue weighted by Gasteiger charge is -2.24. The second-order valence-corrected chi connectivity index (χ2v) is 5.44. The maximum absolute atomic E-state index is 4.64. The molecule has 2 saturated heterocycles. The lowest BCUT2D eigenvalue weighted by atomic mass is 9.94. The standard InChI is InChI=1S/C14H17N5/c1-2-10-8-19(9-12(10)15-5-1)13-4-3-11-14(18-13)17-7-6-16-11/h3-4,6-7,10,12,15H,1-2,5,8-9H2/t10-,12+/m0/s1. The third kappa shape index (κ3) is 1.94. The fourth-order valence-corrected chi connectivity index (χ4v) is 3.25. The summed E-state index contributed by atoms with van der Waals surface area (Å²) >= 11 is 0. The molecule has 0 aliphatic carbocycles. The number of hydrogen-bond acceptors (Lipinski definition) is 5. The third-order valence-corrected chi connectivity index (χ3v) is 4.24. The zero-order valence-electron chi connectivity index (χ0n) is 10.8. The summed E-state index contributed by atoms with van der Waals surface area (Å²) in [5.41, 5.74) is 1.60. The van der Waals surface area contributed by atoms with Gasteiger partial charge in [0.1, 0.15) is 11.3 Å². The number of nitrogens with zero attached hydrogens (tertiary/aromatic N) is 4. The van der Waals surface area contributed by atoms with E-state index in [4.69, 9.17) is 0 Å². The van der Waals surface area contributed by atoms with Crippen LogP contribution in [0.2, 0.25) is 0 Å². The maximum Gasteiger partial charge on any atom is 0.180 e.